The number of benzene rings is 1. The molecule has 0 saturated carbocycles. The second kappa shape index (κ2) is 7.06. The Morgan fingerprint density at radius 1 is 1.52 bits per heavy atom. The summed E-state index contributed by atoms with van der Waals surface area (Å²) in [4.78, 5) is 9.79. The van der Waals surface area contributed by atoms with Crippen molar-refractivity contribution in [3.05, 3.63) is 28.3 Å². The van der Waals surface area contributed by atoms with Crippen LogP contribution in [0.25, 0.3) is 0 Å². The molecule has 1 unspecified atom stereocenters. The van der Waals surface area contributed by atoms with Crippen LogP contribution in [0.3, 0.4) is 0 Å². The molecule has 0 heterocycles. The third-order valence-electron chi connectivity index (χ3n) is 2.72. The molecule has 1 aromatic carbocycles. The first-order valence-electron chi connectivity index (χ1n) is 6.16. The quantitative estimate of drug-likeness (QED) is 0.469. The average Bonchev–Trinajstić information content (AvgIpc) is 2.45. The predicted octanol–water partition coefficient (Wildman–Crippen LogP) is 1.68. The standard InChI is InChI=1S/C13H16N2O5S/c1-4-6-10(5-2)14-21(18,19)13-9-11(15(16)17)7-8-12(13)20-3/h2,7-10,14H,4,6H2,1,3H3. The fraction of sp³-hybridized carbons (Fsp3) is 0.385. The summed E-state index contributed by atoms with van der Waals surface area (Å²) >= 11 is 0. The predicted molar refractivity (Wildman–Crippen MR) is 77.5 cm³/mol. The minimum absolute atomic E-state index is 0.0142. The van der Waals surface area contributed by atoms with E-state index in [9.17, 15) is 18.5 Å². The lowest BCUT2D eigenvalue weighted by atomic mass is 10.2. The lowest BCUT2D eigenvalue weighted by Crippen LogP contribution is -2.33. The molecule has 1 N–H and O–H groups in total. The Balaban J connectivity index is 3.26. The molecular formula is C13H16N2O5S. The molecule has 0 fully saturated rings. The van der Waals surface area contributed by atoms with Crippen LogP contribution in [0, 0.1) is 22.5 Å². The molecule has 0 aliphatic rings. The van der Waals surface area contributed by atoms with Crippen molar-refractivity contribution in [2.75, 3.05) is 7.11 Å². The van der Waals surface area contributed by atoms with Crippen molar-refractivity contribution in [1.82, 2.24) is 4.72 Å². The van der Waals surface area contributed by atoms with Crippen LogP contribution in [0.4, 0.5) is 5.69 Å². The van der Waals surface area contributed by atoms with Crippen LogP contribution in [0.15, 0.2) is 23.1 Å². The molecule has 0 radical (unpaired) electrons. The largest absolute Gasteiger partial charge is 0.495 e. The molecule has 8 heteroatoms. The number of methoxy groups -OCH3 is 1. The summed E-state index contributed by atoms with van der Waals surface area (Å²) in [6.45, 7) is 1.87. The SMILES string of the molecule is C#CC(CCC)NS(=O)(=O)c1cc([N+](=O)[O-])ccc1OC. The third kappa shape index (κ3) is 4.18. The van der Waals surface area contributed by atoms with Gasteiger partial charge in [-0.3, -0.25) is 10.1 Å². The van der Waals surface area contributed by atoms with Crippen LogP contribution >= 0.6 is 0 Å². The zero-order chi connectivity index (χ0) is 16.0. The summed E-state index contributed by atoms with van der Waals surface area (Å²) < 4.78 is 31.9. The van der Waals surface area contributed by atoms with E-state index in [0.717, 1.165) is 6.07 Å². The Bertz CT molecular complexity index is 664. The molecule has 0 aliphatic carbocycles. The van der Waals surface area contributed by atoms with Crippen molar-refractivity contribution >= 4 is 15.7 Å². The van der Waals surface area contributed by atoms with Gasteiger partial charge < -0.3 is 4.74 Å². The number of non-ortho nitro benzene ring substituents is 1. The van der Waals surface area contributed by atoms with Crippen LogP contribution in [0.2, 0.25) is 0 Å². The van der Waals surface area contributed by atoms with E-state index in [1.165, 1.54) is 19.2 Å². The van der Waals surface area contributed by atoms with Crippen LogP contribution in [0.1, 0.15) is 19.8 Å². The maximum Gasteiger partial charge on any atom is 0.271 e. The van der Waals surface area contributed by atoms with E-state index < -0.39 is 21.0 Å². The lowest BCUT2D eigenvalue weighted by Gasteiger charge is -2.14. The van der Waals surface area contributed by atoms with Crippen molar-refractivity contribution in [1.29, 1.82) is 0 Å². The van der Waals surface area contributed by atoms with Crippen molar-refractivity contribution < 1.29 is 18.1 Å². The fourth-order valence-electron chi connectivity index (χ4n) is 1.70. The average molecular weight is 312 g/mol. The van der Waals surface area contributed by atoms with E-state index in [2.05, 4.69) is 10.6 Å². The van der Waals surface area contributed by atoms with Gasteiger partial charge in [-0.2, -0.15) is 4.72 Å². The van der Waals surface area contributed by atoms with E-state index in [1.807, 2.05) is 6.92 Å². The number of nitro groups is 1. The van der Waals surface area contributed by atoms with Gasteiger partial charge in [0.15, 0.2) is 0 Å². The number of hydrogen-bond donors (Lipinski definition) is 1. The van der Waals surface area contributed by atoms with Crippen molar-refractivity contribution in [3.63, 3.8) is 0 Å². The summed E-state index contributed by atoms with van der Waals surface area (Å²) in [7, 11) is -2.73. The first-order chi connectivity index (χ1) is 9.85. The minimum Gasteiger partial charge on any atom is -0.495 e. The zero-order valence-corrected chi connectivity index (χ0v) is 12.5. The second-order valence-electron chi connectivity index (χ2n) is 4.22. The van der Waals surface area contributed by atoms with Crippen LogP contribution in [0.5, 0.6) is 5.75 Å². The second-order valence-corrected chi connectivity index (χ2v) is 5.90. The molecule has 0 saturated heterocycles. The van der Waals surface area contributed by atoms with Crippen molar-refractivity contribution in [3.8, 4) is 18.1 Å². The van der Waals surface area contributed by atoms with Gasteiger partial charge in [0.2, 0.25) is 10.0 Å². The molecule has 0 aromatic heterocycles. The van der Waals surface area contributed by atoms with Gasteiger partial charge in [0.1, 0.15) is 10.6 Å². The summed E-state index contributed by atoms with van der Waals surface area (Å²) in [6.07, 6.45) is 6.44. The minimum atomic E-state index is -4.01. The van der Waals surface area contributed by atoms with E-state index in [0.29, 0.717) is 12.8 Å². The smallest absolute Gasteiger partial charge is 0.271 e. The van der Waals surface area contributed by atoms with E-state index in [4.69, 9.17) is 11.2 Å². The van der Waals surface area contributed by atoms with Gasteiger partial charge in [0.25, 0.3) is 5.69 Å². The summed E-state index contributed by atoms with van der Waals surface area (Å²) in [5, 5.41) is 10.8. The highest BCUT2D eigenvalue weighted by molar-refractivity contribution is 7.89. The Kier molecular flexibility index (Phi) is 5.69. The van der Waals surface area contributed by atoms with Gasteiger partial charge in [-0.1, -0.05) is 19.3 Å². The van der Waals surface area contributed by atoms with E-state index >= 15 is 0 Å². The Labute approximate surface area is 123 Å². The molecule has 0 bridgehead atoms. The van der Waals surface area contributed by atoms with Gasteiger partial charge in [-0.25, -0.2) is 8.42 Å². The Hall–Kier alpha value is -2.11. The third-order valence-corrected chi connectivity index (χ3v) is 4.22. The van der Waals surface area contributed by atoms with Gasteiger partial charge in [-0.15, -0.1) is 6.42 Å². The van der Waals surface area contributed by atoms with Gasteiger partial charge in [-0.05, 0) is 12.5 Å². The zero-order valence-electron chi connectivity index (χ0n) is 11.7. The number of nitrogens with one attached hydrogen (secondary N) is 1. The summed E-state index contributed by atoms with van der Waals surface area (Å²) in [5.74, 6) is 2.35. The Morgan fingerprint density at radius 3 is 2.67 bits per heavy atom. The molecule has 0 amide bonds. The first kappa shape index (κ1) is 16.9. The van der Waals surface area contributed by atoms with Crippen molar-refractivity contribution in [2.24, 2.45) is 0 Å². The molecule has 1 atom stereocenters. The van der Waals surface area contributed by atoms with Gasteiger partial charge >= 0.3 is 0 Å². The van der Waals surface area contributed by atoms with E-state index in [-0.39, 0.29) is 16.3 Å². The molecule has 0 spiro atoms. The molecule has 0 aliphatic heterocycles. The maximum absolute atomic E-state index is 12.3. The molecular weight excluding hydrogens is 296 g/mol. The normalized spacial score (nSPS) is 12.4. The van der Waals surface area contributed by atoms with E-state index in [1.54, 1.807) is 0 Å². The Morgan fingerprint density at radius 2 is 2.19 bits per heavy atom. The molecule has 1 rings (SSSR count). The number of nitrogens with zero attached hydrogens (tertiary/aromatic N) is 1. The molecule has 21 heavy (non-hydrogen) atoms. The van der Waals surface area contributed by atoms with Crippen LogP contribution in [-0.2, 0) is 10.0 Å². The highest BCUT2D eigenvalue weighted by Gasteiger charge is 2.25. The number of ether oxygens (including phenoxy) is 1. The maximum atomic E-state index is 12.3. The highest BCUT2D eigenvalue weighted by Crippen LogP contribution is 2.28. The number of nitro benzene ring substituents is 1. The summed E-state index contributed by atoms with van der Waals surface area (Å²) in [6, 6.07) is 2.67. The molecule has 1 aromatic rings. The lowest BCUT2D eigenvalue weighted by molar-refractivity contribution is -0.385. The van der Waals surface area contributed by atoms with Gasteiger partial charge in [0.05, 0.1) is 18.1 Å². The van der Waals surface area contributed by atoms with Crippen LogP contribution < -0.4 is 9.46 Å². The molecule has 7 nitrogen and oxygen atoms in total. The number of rotatable bonds is 7. The number of hydrogen-bond acceptors (Lipinski definition) is 5. The monoisotopic (exact) mass is 312 g/mol. The fourth-order valence-corrected chi connectivity index (χ4v) is 3.08. The molecule has 114 valence electrons. The first-order valence-corrected chi connectivity index (χ1v) is 7.65. The number of terminal acetylenes is 1. The van der Waals surface area contributed by atoms with Crippen LogP contribution in [-0.4, -0.2) is 26.5 Å². The topological polar surface area (TPSA) is 98.5 Å². The van der Waals surface area contributed by atoms with Gasteiger partial charge in [0, 0.05) is 12.1 Å². The summed E-state index contributed by atoms with van der Waals surface area (Å²) in [5.41, 5.74) is -0.344. The van der Waals surface area contributed by atoms with Crippen molar-refractivity contribution in [2.45, 2.75) is 30.7 Å². The number of sulfonamides is 1. The highest BCUT2D eigenvalue weighted by atomic mass is 32.2.